The fraction of sp³-hybridized carbons (Fsp3) is 0.250. The summed E-state index contributed by atoms with van der Waals surface area (Å²) in [6, 6.07) is 5.49. The molecular formula is C16H13BrN2O4S2. The summed E-state index contributed by atoms with van der Waals surface area (Å²) < 4.78 is 5.64. The number of methoxy groups -OCH3 is 1. The number of halogens is 1. The first kappa shape index (κ1) is 18.1. The molecule has 0 atom stereocenters. The van der Waals surface area contributed by atoms with Crippen molar-refractivity contribution in [3.8, 4) is 0 Å². The zero-order valence-electron chi connectivity index (χ0n) is 13.4. The summed E-state index contributed by atoms with van der Waals surface area (Å²) in [5.41, 5.74) is 1.76. The summed E-state index contributed by atoms with van der Waals surface area (Å²) in [4.78, 5) is 40.2. The van der Waals surface area contributed by atoms with Crippen molar-refractivity contribution in [2.24, 2.45) is 0 Å². The molecule has 1 aromatic rings. The molecule has 2 aliphatic rings. The second-order valence-corrected chi connectivity index (χ2v) is 7.81. The van der Waals surface area contributed by atoms with Crippen LogP contribution in [0, 0.1) is 0 Å². The van der Waals surface area contributed by atoms with Crippen molar-refractivity contribution in [1.82, 2.24) is 4.90 Å². The van der Waals surface area contributed by atoms with Crippen LogP contribution in [-0.4, -0.2) is 47.2 Å². The van der Waals surface area contributed by atoms with Gasteiger partial charge in [0, 0.05) is 16.6 Å². The smallest absolute Gasteiger partial charge is 0.325 e. The van der Waals surface area contributed by atoms with Crippen molar-refractivity contribution in [1.29, 1.82) is 0 Å². The minimum absolute atomic E-state index is 0.234. The van der Waals surface area contributed by atoms with Crippen molar-refractivity contribution in [3.63, 3.8) is 0 Å². The summed E-state index contributed by atoms with van der Waals surface area (Å²) in [5, 5.41) is 0. The first-order valence-electron chi connectivity index (χ1n) is 7.35. The minimum Gasteiger partial charge on any atom is -0.468 e. The zero-order valence-corrected chi connectivity index (χ0v) is 16.6. The number of rotatable bonds is 3. The van der Waals surface area contributed by atoms with Crippen LogP contribution in [0.25, 0.3) is 5.57 Å². The maximum Gasteiger partial charge on any atom is 0.325 e. The molecule has 0 bridgehead atoms. The number of nitrogens with zero attached hydrogens (tertiary/aromatic N) is 2. The summed E-state index contributed by atoms with van der Waals surface area (Å²) in [6.45, 7) is 2.09. The number of hydrogen-bond acceptors (Lipinski definition) is 6. The first-order chi connectivity index (χ1) is 11.9. The number of esters is 1. The number of fused-ring (bicyclic) bond motifs is 1. The highest BCUT2D eigenvalue weighted by Gasteiger charge is 2.42. The lowest BCUT2D eigenvalue weighted by Gasteiger charge is -2.13. The average Bonchev–Trinajstić information content (AvgIpc) is 3.01. The van der Waals surface area contributed by atoms with Gasteiger partial charge in [0.15, 0.2) is 0 Å². The topological polar surface area (TPSA) is 66.9 Å². The van der Waals surface area contributed by atoms with Gasteiger partial charge in [0.25, 0.3) is 11.8 Å². The number of carbonyl (C=O) groups excluding carboxylic acids is 3. The lowest BCUT2D eigenvalue weighted by molar-refractivity contribution is -0.143. The Balaban J connectivity index is 2.10. The van der Waals surface area contributed by atoms with E-state index in [0.717, 1.165) is 26.8 Å². The van der Waals surface area contributed by atoms with Crippen LogP contribution in [-0.2, 0) is 19.1 Å². The molecule has 1 fully saturated rings. The first-order valence-corrected chi connectivity index (χ1v) is 9.37. The number of ether oxygens (including phenoxy) is 1. The summed E-state index contributed by atoms with van der Waals surface area (Å²) in [6.07, 6.45) is 0. The second kappa shape index (κ2) is 6.89. The molecule has 130 valence electrons. The summed E-state index contributed by atoms with van der Waals surface area (Å²) in [5.74, 6) is -1.26. The molecule has 2 amide bonds. The Labute approximate surface area is 162 Å². The molecule has 3 rings (SSSR count). The molecule has 2 aliphatic heterocycles. The third-order valence-electron chi connectivity index (χ3n) is 3.89. The second-order valence-electron chi connectivity index (χ2n) is 5.25. The number of likely N-dealkylation sites (N-methyl/N-ethyl adjacent to an activating group) is 1. The molecule has 25 heavy (non-hydrogen) atoms. The SMILES string of the molecule is CCN1C(=O)C(=C2SC(=S)N(CC(=O)OC)C2=O)c2cc(Br)ccc21. The van der Waals surface area contributed by atoms with E-state index in [9.17, 15) is 14.4 Å². The van der Waals surface area contributed by atoms with E-state index in [1.54, 1.807) is 4.90 Å². The summed E-state index contributed by atoms with van der Waals surface area (Å²) in [7, 11) is 1.24. The van der Waals surface area contributed by atoms with Crippen LogP contribution < -0.4 is 4.90 Å². The Hall–Kier alpha value is -1.71. The lowest BCUT2D eigenvalue weighted by Crippen LogP contribution is -2.34. The molecule has 0 aromatic heterocycles. The molecule has 1 saturated heterocycles. The number of carbonyl (C=O) groups is 3. The van der Waals surface area contributed by atoms with E-state index in [-0.39, 0.29) is 21.7 Å². The molecular weight excluding hydrogens is 428 g/mol. The Kier molecular flexibility index (Phi) is 4.99. The predicted octanol–water partition coefficient (Wildman–Crippen LogP) is 2.56. The van der Waals surface area contributed by atoms with Gasteiger partial charge >= 0.3 is 5.97 Å². The van der Waals surface area contributed by atoms with Gasteiger partial charge < -0.3 is 9.64 Å². The van der Waals surface area contributed by atoms with Crippen LogP contribution in [0.3, 0.4) is 0 Å². The number of benzene rings is 1. The van der Waals surface area contributed by atoms with Gasteiger partial charge in [-0.15, -0.1) is 0 Å². The van der Waals surface area contributed by atoms with E-state index < -0.39 is 11.9 Å². The molecule has 6 nitrogen and oxygen atoms in total. The zero-order chi connectivity index (χ0) is 18.3. The van der Waals surface area contributed by atoms with Crippen LogP contribution in [0.15, 0.2) is 27.6 Å². The highest BCUT2D eigenvalue weighted by atomic mass is 79.9. The normalized spacial score (nSPS) is 19.7. The van der Waals surface area contributed by atoms with Gasteiger partial charge in [-0.1, -0.05) is 39.9 Å². The molecule has 0 aliphatic carbocycles. The molecule has 1 aromatic carbocycles. The van der Waals surface area contributed by atoms with E-state index in [1.807, 2.05) is 25.1 Å². The van der Waals surface area contributed by atoms with Crippen LogP contribution in [0.1, 0.15) is 12.5 Å². The minimum atomic E-state index is -0.571. The van der Waals surface area contributed by atoms with E-state index in [0.29, 0.717) is 17.7 Å². The number of anilines is 1. The highest BCUT2D eigenvalue weighted by Crippen LogP contribution is 2.45. The van der Waals surface area contributed by atoms with Crippen molar-refractivity contribution in [2.75, 3.05) is 25.1 Å². The number of hydrogen-bond donors (Lipinski definition) is 0. The van der Waals surface area contributed by atoms with Crippen molar-refractivity contribution >= 4 is 73.3 Å². The van der Waals surface area contributed by atoms with Crippen LogP contribution in [0.2, 0.25) is 0 Å². The van der Waals surface area contributed by atoms with E-state index in [2.05, 4.69) is 20.7 Å². The van der Waals surface area contributed by atoms with E-state index >= 15 is 0 Å². The Morgan fingerprint density at radius 3 is 2.64 bits per heavy atom. The molecule has 9 heteroatoms. The van der Waals surface area contributed by atoms with Gasteiger partial charge in [0.2, 0.25) is 0 Å². The quantitative estimate of drug-likeness (QED) is 0.408. The van der Waals surface area contributed by atoms with Crippen LogP contribution in [0.5, 0.6) is 0 Å². The Morgan fingerprint density at radius 2 is 2.00 bits per heavy atom. The van der Waals surface area contributed by atoms with Gasteiger partial charge in [-0.2, -0.15) is 0 Å². The number of thiocarbonyl (C=S) groups is 1. The lowest BCUT2D eigenvalue weighted by atomic mass is 10.1. The van der Waals surface area contributed by atoms with Crippen molar-refractivity contribution < 1.29 is 19.1 Å². The monoisotopic (exact) mass is 440 g/mol. The highest BCUT2D eigenvalue weighted by molar-refractivity contribution is 9.10. The Bertz CT molecular complexity index is 853. The van der Waals surface area contributed by atoms with Crippen LogP contribution in [0.4, 0.5) is 5.69 Å². The van der Waals surface area contributed by atoms with Crippen molar-refractivity contribution in [3.05, 3.63) is 33.1 Å². The Morgan fingerprint density at radius 1 is 1.28 bits per heavy atom. The molecule has 0 N–H and O–H groups in total. The standard InChI is InChI=1S/C16H13BrN2O4S2/c1-3-18-10-5-4-8(17)6-9(10)12(14(18)21)13-15(22)19(16(24)25-13)7-11(20)23-2/h4-6H,3,7H2,1-2H3. The predicted molar refractivity (Wildman–Crippen MR) is 103 cm³/mol. The third-order valence-corrected chi connectivity index (χ3v) is 5.83. The van der Waals surface area contributed by atoms with Crippen LogP contribution >= 0.6 is 39.9 Å². The fourth-order valence-electron chi connectivity index (χ4n) is 2.72. The maximum atomic E-state index is 12.9. The number of amides is 2. The maximum absolute atomic E-state index is 12.9. The third kappa shape index (κ3) is 3.00. The molecule has 0 saturated carbocycles. The molecule has 2 heterocycles. The van der Waals surface area contributed by atoms with E-state index in [1.165, 1.54) is 7.11 Å². The number of thioether (sulfide) groups is 1. The molecule has 0 spiro atoms. The molecule has 0 unspecified atom stereocenters. The van der Waals surface area contributed by atoms with Crippen molar-refractivity contribution in [2.45, 2.75) is 6.92 Å². The molecule has 0 radical (unpaired) electrons. The fourth-order valence-corrected chi connectivity index (χ4v) is 4.40. The average molecular weight is 441 g/mol. The van der Waals surface area contributed by atoms with Gasteiger partial charge in [-0.05, 0) is 25.1 Å². The van der Waals surface area contributed by atoms with Gasteiger partial charge in [-0.25, -0.2) is 0 Å². The van der Waals surface area contributed by atoms with Gasteiger partial charge in [-0.3, -0.25) is 19.3 Å². The van der Waals surface area contributed by atoms with Gasteiger partial charge in [0.1, 0.15) is 10.9 Å². The van der Waals surface area contributed by atoms with E-state index in [4.69, 9.17) is 12.2 Å². The summed E-state index contributed by atoms with van der Waals surface area (Å²) >= 11 is 9.65. The largest absolute Gasteiger partial charge is 0.468 e. The van der Waals surface area contributed by atoms with Gasteiger partial charge in [0.05, 0.1) is 23.3 Å².